The zero-order valence-corrected chi connectivity index (χ0v) is 16.8. The summed E-state index contributed by atoms with van der Waals surface area (Å²) in [7, 11) is -1.96. The van der Waals surface area contributed by atoms with Gasteiger partial charge in [-0.25, -0.2) is 8.42 Å². The van der Waals surface area contributed by atoms with Gasteiger partial charge < -0.3 is 10.6 Å². The first-order chi connectivity index (χ1) is 12.2. The zero-order valence-electron chi connectivity index (χ0n) is 16.0. The van der Waals surface area contributed by atoms with Gasteiger partial charge in [-0.15, -0.1) is 0 Å². The number of piperidine rings is 1. The van der Waals surface area contributed by atoms with E-state index in [0.29, 0.717) is 32.0 Å². The van der Waals surface area contributed by atoms with Crippen molar-refractivity contribution in [1.29, 1.82) is 0 Å². The minimum atomic E-state index is -3.65. The number of hydrogen-bond donors (Lipinski definition) is 1. The largest absolute Gasteiger partial charge is 0.342 e. The standard InChI is InChI=1S/C19H31N3O3S/c1-15(2)17(20)11-14-21(3)19(23)16-9-5-6-10-18(16)26(24,25)22-12-7-4-8-13-22/h5-6,9-10,15,17H,4,7-8,11-14,20H2,1-3H3. The number of carbonyl (C=O) groups excluding carboxylic acids is 1. The number of benzene rings is 1. The molecule has 1 heterocycles. The average molecular weight is 382 g/mol. The van der Waals surface area contributed by atoms with Gasteiger partial charge in [0.1, 0.15) is 0 Å². The van der Waals surface area contributed by atoms with E-state index in [4.69, 9.17) is 5.73 Å². The molecule has 1 fully saturated rings. The Morgan fingerprint density at radius 2 is 1.81 bits per heavy atom. The maximum absolute atomic E-state index is 13.0. The molecule has 1 aromatic rings. The predicted molar refractivity (Wildman–Crippen MR) is 103 cm³/mol. The third kappa shape index (κ3) is 4.84. The van der Waals surface area contributed by atoms with Crippen molar-refractivity contribution in [2.75, 3.05) is 26.7 Å². The molecule has 26 heavy (non-hydrogen) atoms. The predicted octanol–water partition coefficient (Wildman–Crippen LogP) is 2.31. The highest BCUT2D eigenvalue weighted by molar-refractivity contribution is 7.89. The van der Waals surface area contributed by atoms with Crippen molar-refractivity contribution in [2.24, 2.45) is 11.7 Å². The summed E-state index contributed by atoms with van der Waals surface area (Å²) < 4.78 is 27.5. The van der Waals surface area contributed by atoms with E-state index < -0.39 is 10.0 Å². The number of hydrogen-bond acceptors (Lipinski definition) is 4. The molecule has 1 saturated heterocycles. The smallest absolute Gasteiger partial charge is 0.254 e. The first kappa shape index (κ1) is 20.9. The molecule has 1 amide bonds. The van der Waals surface area contributed by atoms with E-state index in [1.165, 1.54) is 10.4 Å². The van der Waals surface area contributed by atoms with Gasteiger partial charge >= 0.3 is 0 Å². The Labute approximate surface area is 157 Å². The maximum atomic E-state index is 13.0. The number of nitrogens with zero attached hydrogens (tertiary/aromatic N) is 2. The monoisotopic (exact) mass is 381 g/mol. The van der Waals surface area contributed by atoms with E-state index in [1.807, 2.05) is 13.8 Å². The van der Waals surface area contributed by atoms with Crippen LogP contribution in [0.1, 0.15) is 49.9 Å². The first-order valence-corrected chi connectivity index (χ1v) is 10.8. The fourth-order valence-electron chi connectivity index (χ4n) is 3.10. The van der Waals surface area contributed by atoms with Gasteiger partial charge in [0.15, 0.2) is 0 Å². The number of rotatable bonds is 7. The summed E-state index contributed by atoms with van der Waals surface area (Å²) >= 11 is 0. The molecule has 1 unspecified atom stereocenters. The molecule has 0 aliphatic carbocycles. The second-order valence-corrected chi connectivity index (χ2v) is 9.29. The molecule has 1 aliphatic heterocycles. The van der Waals surface area contributed by atoms with Crippen LogP contribution in [0.25, 0.3) is 0 Å². The number of carbonyl (C=O) groups is 1. The van der Waals surface area contributed by atoms with Crippen LogP contribution in [0.2, 0.25) is 0 Å². The van der Waals surface area contributed by atoms with Crippen molar-refractivity contribution in [1.82, 2.24) is 9.21 Å². The minimum absolute atomic E-state index is 0.0116. The van der Waals surface area contributed by atoms with Crippen molar-refractivity contribution in [3.05, 3.63) is 29.8 Å². The highest BCUT2D eigenvalue weighted by Crippen LogP contribution is 2.24. The Balaban J connectivity index is 2.21. The normalized spacial score (nSPS) is 17.3. The lowest BCUT2D eigenvalue weighted by atomic mass is 10.0. The molecule has 7 heteroatoms. The van der Waals surface area contributed by atoms with Crippen LogP contribution in [0.3, 0.4) is 0 Å². The number of nitrogens with two attached hydrogens (primary N) is 1. The highest BCUT2D eigenvalue weighted by atomic mass is 32.2. The Hall–Kier alpha value is -1.44. The Bertz CT molecular complexity index is 712. The van der Waals surface area contributed by atoms with Crippen LogP contribution >= 0.6 is 0 Å². The van der Waals surface area contributed by atoms with Crippen molar-refractivity contribution >= 4 is 15.9 Å². The van der Waals surface area contributed by atoms with E-state index in [9.17, 15) is 13.2 Å². The Morgan fingerprint density at radius 3 is 2.42 bits per heavy atom. The molecule has 2 N–H and O–H groups in total. The van der Waals surface area contributed by atoms with Gasteiger partial charge in [0, 0.05) is 32.7 Å². The van der Waals surface area contributed by atoms with Crippen LogP contribution in [0, 0.1) is 5.92 Å². The molecule has 2 rings (SSSR count). The third-order valence-electron chi connectivity index (χ3n) is 5.05. The molecule has 1 aliphatic rings. The molecule has 1 aromatic carbocycles. The lowest BCUT2D eigenvalue weighted by molar-refractivity contribution is 0.0785. The molecule has 6 nitrogen and oxygen atoms in total. The van der Waals surface area contributed by atoms with Gasteiger partial charge in [-0.3, -0.25) is 4.79 Å². The van der Waals surface area contributed by atoms with E-state index in [-0.39, 0.29) is 22.4 Å². The Kier molecular flexibility index (Phi) is 7.20. The van der Waals surface area contributed by atoms with Crippen LogP contribution in [-0.4, -0.2) is 56.3 Å². The summed E-state index contributed by atoms with van der Waals surface area (Å²) in [5.74, 6) is 0.0578. The van der Waals surface area contributed by atoms with Crippen LogP contribution < -0.4 is 5.73 Å². The van der Waals surface area contributed by atoms with E-state index in [1.54, 1.807) is 30.1 Å². The molecule has 146 valence electrons. The van der Waals surface area contributed by atoms with Gasteiger partial charge in [-0.1, -0.05) is 32.4 Å². The second kappa shape index (κ2) is 8.97. The number of sulfonamides is 1. The summed E-state index contributed by atoms with van der Waals surface area (Å²) in [4.78, 5) is 14.5. The quantitative estimate of drug-likeness (QED) is 0.785. The first-order valence-electron chi connectivity index (χ1n) is 9.35. The molecule has 0 aromatic heterocycles. The maximum Gasteiger partial charge on any atom is 0.254 e. The van der Waals surface area contributed by atoms with Crippen molar-refractivity contribution < 1.29 is 13.2 Å². The third-order valence-corrected chi connectivity index (χ3v) is 7.01. The van der Waals surface area contributed by atoms with Crippen molar-refractivity contribution in [2.45, 2.75) is 50.5 Å². The topological polar surface area (TPSA) is 83.7 Å². The minimum Gasteiger partial charge on any atom is -0.342 e. The fraction of sp³-hybridized carbons (Fsp3) is 0.632. The van der Waals surface area contributed by atoms with Gasteiger partial charge in [0.05, 0.1) is 10.5 Å². The summed E-state index contributed by atoms with van der Waals surface area (Å²) in [6.07, 6.45) is 3.46. The van der Waals surface area contributed by atoms with Gasteiger partial charge in [0.25, 0.3) is 5.91 Å². The second-order valence-electron chi connectivity index (χ2n) is 7.38. The molecule has 1 atom stereocenters. The van der Waals surface area contributed by atoms with Gasteiger partial charge in [0.2, 0.25) is 10.0 Å². The lowest BCUT2D eigenvalue weighted by Gasteiger charge is -2.27. The van der Waals surface area contributed by atoms with Crippen LogP contribution in [0.15, 0.2) is 29.2 Å². The lowest BCUT2D eigenvalue weighted by Crippen LogP contribution is -2.38. The van der Waals surface area contributed by atoms with Crippen molar-refractivity contribution in [3.63, 3.8) is 0 Å². The van der Waals surface area contributed by atoms with Gasteiger partial charge in [-0.05, 0) is 37.3 Å². The average Bonchev–Trinajstić information content (AvgIpc) is 2.65. The van der Waals surface area contributed by atoms with E-state index in [0.717, 1.165) is 19.3 Å². The molecule has 0 bridgehead atoms. The molecule has 0 saturated carbocycles. The summed E-state index contributed by atoms with van der Waals surface area (Å²) in [6, 6.07) is 6.51. The highest BCUT2D eigenvalue weighted by Gasteiger charge is 2.30. The summed E-state index contributed by atoms with van der Waals surface area (Å²) in [5, 5.41) is 0. The Morgan fingerprint density at radius 1 is 1.19 bits per heavy atom. The van der Waals surface area contributed by atoms with Gasteiger partial charge in [-0.2, -0.15) is 4.31 Å². The van der Waals surface area contributed by atoms with Crippen LogP contribution in [-0.2, 0) is 10.0 Å². The zero-order chi connectivity index (χ0) is 19.3. The van der Waals surface area contributed by atoms with E-state index >= 15 is 0 Å². The van der Waals surface area contributed by atoms with E-state index in [2.05, 4.69) is 0 Å². The van der Waals surface area contributed by atoms with Crippen LogP contribution in [0.4, 0.5) is 0 Å². The summed E-state index contributed by atoms with van der Waals surface area (Å²) in [6.45, 7) is 5.63. The molecule has 0 spiro atoms. The SMILES string of the molecule is CC(C)C(N)CCN(C)C(=O)c1ccccc1S(=O)(=O)N1CCCCC1. The molecular formula is C19H31N3O3S. The molecule has 0 radical (unpaired) electrons. The number of amides is 1. The van der Waals surface area contributed by atoms with Crippen molar-refractivity contribution in [3.8, 4) is 0 Å². The molecular weight excluding hydrogens is 350 g/mol. The van der Waals surface area contributed by atoms with Crippen LogP contribution in [0.5, 0.6) is 0 Å². The summed E-state index contributed by atoms with van der Waals surface area (Å²) in [5.41, 5.74) is 6.29. The fourth-order valence-corrected chi connectivity index (χ4v) is 4.80.